The van der Waals surface area contributed by atoms with Crippen LogP contribution in [0.2, 0.25) is 0 Å². The average molecular weight is 323 g/mol. The summed E-state index contributed by atoms with van der Waals surface area (Å²) >= 11 is 1.95. The Morgan fingerprint density at radius 3 is 2.50 bits per heavy atom. The third-order valence-corrected chi connectivity index (χ3v) is 4.90. The average Bonchev–Trinajstić information content (AvgIpc) is 2.51. The maximum atomic E-state index is 5.43. The van der Waals surface area contributed by atoms with Gasteiger partial charge in [0.15, 0.2) is 0 Å². The summed E-state index contributed by atoms with van der Waals surface area (Å²) in [5, 5.41) is 3.79. The van der Waals surface area contributed by atoms with E-state index in [1.54, 1.807) is 0 Å². The zero-order valence-electron chi connectivity index (χ0n) is 14.2. The van der Waals surface area contributed by atoms with E-state index in [1.165, 1.54) is 11.3 Å². The van der Waals surface area contributed by atoms with E-state index in [2.05, 4.69) is 61.3 Å². The van der Waals surface area contributed by atoms with Gasteiger partial charge in [0.05, 0.1) is 13.2 Å². The molecule has 0 amide bonds. The van der Waals surface area contributed by atoms with E-state index in [0.717, 1.165) is 38.6 Å². The predicted molar refractivity (Wildman–Crippen MR) is 95.7 cm³/mol. The van der Waals surface area contributed by atoms with Gasteiger partial charge >= 0.3 is 0 Å². The molecule has 0 bridgehead atoms. The van der Waals surface area contributed by atoms with Gasteiger partial charge in [-0.25, -0.2) is 0 Å². The molecule has 4 heteroatoms. The van der Waals surface area contributed by atoms with Gasteiger partial charge in [-0.2, -0.15) is 0 Å². The smallest absolute Gasteiger partial charge is 0.0594 e. The number of rotatable bonds is 7. The molecule has 0 saturated carbocycles. The summed E-state index contributed by atoms with van der Waals surface area (Å²) in [6, 6.07) is 11.2. The van der Waals surface area contributed by atoms with Crippen LogP contribution in [0.5, 0.6) is 0 Å². The molecule has 2 rings (SSSR count). The Labute approximate surface area is 139 Å². The zero-order valence-corrected chi connectivity index (χ0v) is 15.0. The SMILES string of the molecule is CC(C)(C)N[C@H](CCN1CCOCC1)CSc1ccccc1. The number of ether oxygens (including phenoxy) is 1. The van der Waals surface area contributed by atoms with Gasteiger partial charge in [-0.05, 0) is 45.9 Å². The lowest BCUT2D eigenvalue weighted by molar-refractivity contribution is 0.0361. The first-order chi connectivity index (χ1) is 10.5. The molecule has 1 N–H and O–H groups in total. The lowest BCUT2D eigenvalue weighted by atomic mass is 10.1. The number of hydrogen-bond donors (Lipinski definition) is 1. The molecular weight excluding hydrogens is 292 g/mol. The fraction of sp³-hybridized carbons (Fsp3) is 0.667. The number of thioether (sulfide) groups is 1. The minimum atomic E-state index is 0.160. The van der Waals surface area contributed by atoms with E-state index >= 15 is 0 Å². The molecule has 1 aromatic rings. The monoisotopic (exact) mass is 322 g/mol. The molecule has 1 heterocycles. The van der Waals surface area contributed by atoms with Crippen LogP contribution in [0, 0.1) is 0 Å². The van der Waals surface area contributed by atoms with Crippen LogP contribution in [0.15, 0.2) is 35.2 Å². The summed E-state index contributed by atoms with van der Waals surface area (Å²) in [6.45, 7) is 11.8. The van der Waals surface area contributed by atoms with E-state index in [0.29, 0.717) is 6.04 Å². The number of morpholine rings is 1. The van der Waals surface area contributed by atoms with E-state index in [9.17, 15) is 0 Å². The minimum absolute atomic E-state index is 0.160. The van der Waals surface area contributed by atoms with Crippen molar-refractivity contribution < 1.29 is 4.74 Å². The van der Waals surface area contributed by atoms with Crippen molar-refractivity contribution in [2.75, 3.05) is 38.6 Å². The molecule has 0 aromatic heterocycles. The van der Waals surface area contributed by atoms with Crippen LogP contribution in [0.25, 0.3) is 0 Å². The Balaban J connectivity index is 1.82. The Bertz CT molecular complexity index is 413. The lowest BCUT2D eigenvalue weighted by Gasteiger charge is -2.32. The molecule has 1 atom stereocenters. The number of nitrogens with one attached hydrogen (secondary N) is 1. The molecule has 1 fully saturated rings. The second kappa shape index (κ2) is 8.92. The van der Waals surface area contributed by atoms with Crippen LogP contribution in [-0.2, 0) is 4.74 Å². The topological polar surface area (TPSA) is 24.5 Å². The largest absolute Gasteiger partial charge is 0.379 e. The second-order valence-electron chi connectivity index (χ2n) is 6.96. The fourth-order valence-electron chi connectivity index (χ4n) is 2.69. The van der Waals surface area contributed by atoms with Crippen molar-refractivity contribution >= 4 is 11.8 Å². The summed E-state index contributed by atoms with van der Waals surface area (Å²) in [6.07, 6.45) is 1.19. The molecule has 0 spiro atoms. The highest BCUT2D eigenvalue weighted by atomic mass is 32.2. The van der Waals surface area contributed by atoms with Crippen molar-refractivity contribution in [3.63, 3.8) is 0 Å². The van der Waals surface area contributed by atoms with Gasteiger partial charge in [0.25, 0.3) is 0 Å². The molecule has 0 aliphatic carbocycles. The molecule has 3 nitrogen and oxygen atoms in total. The summed E-state index contributed by atoms with van der Waals surface area (Å²) < 4.78 is 5.43. The maximum absolute atomic E-state index is 5.43. The van der Waals surface area contributed by atoms with Gasteiger partial charge in [0.2, 0.25) is 0 Å². The normalized spacial score (nSPS) is 18.3. The van der Waals surface area contributed by atoms with Crippen molar-refractivity contribution in [1.29, 1.82) is 0 Å². The van der Waals surface area contributed by atoms with Gasteiger partial charge < -0.3 is 10.1 Å². The summed E-state index contributed by atoms with van der Waals surface area (Å²) in [5.74, 6) is 1.12. The molecule has 1 aliphatic rings. The van der Waals surface area contributed by atoms with Gasteiger partial charge in [0.1, 0.15) is 0 Å². The number of benzene rings is 1. The standard InChI is InChI=1S/C18H30N2OS/c1-18(2,3)19-16(9-10-20-11-13-21-14-12-20)15-22-17-7-5-4-6-8-17/h4-8,16,19H,9-15H2,1-3H3/t16-/m1/s1. The molecular formula is C18H30N2OS. The minimum Gasteiger partial charge on any atom is -0.379 e. The van der Waals surface area contributed by atoms with E-state index in [-0.39, 0.29) is 5.54 Å². The zero-order chi connectivity index (χ0) is 15.8. The van der Waals surface area contributed by atoms with E-state index < -0.39 is 0 Å². The van der Waals surface area contributed by atoms with E-state index in [4.69, 9.17) is 4.74 Å². The molecule has 1 aliphatic heterocycles. The van der Waals surface area contributed by atoms with Crippen molar-refractivity contribution in [3.8, 4) is 0 Å². The first kappa shape index (κ1) is 17.8. The highest BCUT2D eigenvalue weighted by Gasteiger charge is 2.19. The van der Waals surface area contributed by atoms with Gasteiger partial charge in [0, 0.05) is 35.3 Å². The third kappa shape index (κ3) is 7.14. The first-order valence-corrected chi connectivity index (χ1v) is 9.27. The summed E-state index contributed by atoms with van der Waals surface area (Å²) in [7, 11) is 0. The molecule has 22 heavy (non-hydrogen) atoms. The van der Waals surface area contributed by atoms with Crippen molar-refractivity contribution in [1.82, 2.24) is 10.2 Å². The quantitative estimate of drug-likeness (QED) is 0.779. The van der Waals surface area contributed by atoms with Crippen LogP contribution in [0.1, 0.15) is 27.2 Å². The number of hydrogen-bond acceptors (Lipinski definition) is 4. The van der Waals surface area contributed by atoms with Crippen LogP contribution in [0.3, 0.4) is 0 Å². The highest BCUT2D eigenvalue weighted by molar-refractivity contribution is 7.99. The van der Waals surface area contributed by atoms with Gasteiger partial charge in [-0.15, -0.1) is 11.8 Å². The molecule has 0 unspecified atom stereocenters. The molecule has 0 radical (unpaired) electrons. The van der Waals surface area contributed by atoms with Crippen LogP contribution in [-0.4, -0.2) is 55.1 Å². The summed E-state index contributed by atoms with van der Waals surface area (Å²) in [4.78, 5) is 3.88. The van der Waals surface area contributed by atoms with Crippen molar-refractivity contribution in [2.45, 2.75) is 43.7 Å². The Morgan fingerprint density at radius 1 is 1.18 bits per heavy atom. The van der Waals surface area contributed by atoms with Gasteiger partial charge in [-0.1, -0.05) is 18.2 Å². The van der Waals surface area contributed by atoms with Gasteiger partial charge in [-0.3, -0.25) is 4.90 Å². The van der Waals surface area contributed by atoms with Crippen LogP contribution >= 0.6 is 11.8 Å². The third-order valence-electron chi connectivity index (χ3n) is 3.73. The maximum Gasteiger partial charge on any atom is 0.0594 e. The van der Waals surface area contributed by atoms with Crippen LogP contribution in [0.4, 0.5) is 0 Å². The van der Waals surface area contributed by atoms with Crippen LogP contribution < -0.4 is 5.32 Å². The first-order valence-electron chi connectivity index (χ1n) is 8.28. The summed E-state index contributed by atoms with van der Waals surface area (Å²) in [5.41, 5.74) is 0.160. The predicted octanol–water partition coefficient (Wildman–Crippen LogP) is 3.26. The van der Waals surface area contributed by atoms with Crippen molar-refractivity contribution in [2.24, 2.45) is 0 Å². The number of nitrogens with zero attached hydrogens (tertiary/aromatic N) is 1. The lowest BCUT2D eigenvalue weighted by Crippen LogP contribution is -2.47. The Kier molecular flexibility index (Phi) is 7.22. The molecule has 1 saturated heterocycles. The second-order valence-corrected chi connectivity index (χ2v) is 8.05. The molecule has 1 aromatic carbocycles. The fourth-order valence-corrected chi connectivity index (χ4v) is 3.68. The molecule has 124 valence electrons. The van der Waals surface area contributed by atoms with E-state index in [1.807, 2.05) is 11.8 Å². The Hall–Kier alpha value is -0.550. The van der Waals surface area contributed by atoms with Crippen molar-refractivity contribution in [3.05, 3.63) is 30.3 Å². The highest BCUT2D eigenvalue weighted by Crippen LogP contribution is 2.20. The Morgan fingerprint density at radius 2 is 1.86 bits per heavy atom.